The molecule has 2 amide bonds. The van der Waals surface area contributed by atoms with E-state index in [2.05, 4.69) is 0 Å². The molecule has 7 heteroatoms. The van der Waals surface area contributed by atoms with Crippen LogP contribution in [-0.2, 0) is 20.7 Å². The standard InChI is InChI=1S/C23H24N2O4S/c1-16(24-20(15-29-23(24)30)18-10-6-3-7-11-18)12-21(26)25-19(14-28-22(25)27)13-17-8-4-2-5-9-17/h2-11,16,19-20H,12-15H2,1H3/t16?,19-,20-/m0/s1. The third-order valence-electron chi connectivity index (χ3n) is 5.58. The molecule has 2 heterocycles. The Labute approximate surface area is 181 Å². The Morgan fingerprint density at radius 1 is 1.07 bits per heavy atom. The van der Waals surface area contributed by atoms with Crippen molar-refractivity contribution in [2.45, 2.75) is 37.9 Å². The average molecular weight is 425 g/mol. The van der Waals surface area contributed by atoms with Gasteiger partial charge in [-0.2, -0.15) is 0 Å². The van der Waals surface area contributed by atoms with Crippen LogP contribution in [0.2, 0.25) is 0 Å². The van der Waals surface area contributed by atoms with Crippen LogP contribution in [0, 0.1) is 0 Å². The minimum Gasteiger partial charge on any atom is -0.468 e. The number of hydrogen-bond donors (Lipinski definition) is 0. The highest BCUT2D eigenvalue weighted by Gasteiger charge is 2.41. The van der Waals surface area contributed by atoms with E-state index in [4.69, 9.17) is 21.7 Å². The first kappa shape index (κ1) is 20.3. The van der Waals surface area contributed by atoms with Crippen molar-refractivity contribution in [2.75, 3.05) is 13.2 Å². The Morgan fingerprint density at radius 2 is 1.73 bits per heavy atom. The SMILES string of the molecule is CC(CC(=O)N1C(=O)OC[C@@H]1Cc1ccccc1)N1C(=S)OC[C@H]1c1ccccc1. The summed E-state index contributed by atoms with van der Waals surface area (Å²) in [6.07, 6.45) is 0.144. The van der Waals surface area contributed by atoms with E-state index in [9.17, 15) is 9.59 Å². The molecule has 2 saturated heterocycles. The van der Waals surface area contributed by atoms with Gasteiger partial charge in [0.1, 0.15) is 13.2 Å². The maximum Gasteiger partial charge on any atom is 0.416 e. The van der Waals surface area contributed by atoms with Crippen LogP contribution in [-0.4, -0.2) is 52.3 Å². The number of nitrogens with zero attached hydrogens (tertiary/aromatic N) is 2. The van der Waals surface area contributed by atoms with Gasteiger partial charge in [-0.3, -0.25) is 4.79 Å². The maximum atomic E-state index is 13.1. The number of carbonyl (C=O) groups is 2. The molecule has 2 aliphatic heterocycles. The van der Waals surface area contributed by atoms with Crippen molar-refractivity contribution < 1.29 is 19.1 Å². The molecule has 0 bridgehead atoms. The van der Waals surface area contributed by atoms with Crippen LogP contribution in [0.5, 0.6) is 0 Å². The smallest absolute Gasteiger partial charge is 0.416 e. The van der Waals surface area contributed by atoms with Crippen LogP contribution in [0.3, 0.4) is 0 Å². The van der Waals surface area contributed by atoms with E-state index in [0.29, 0.717) is 18.2 Å². The molecule has 2 fully saturated rings. The first-order chi connectivity index (χ1) is 14.5. The number of ether oxygens (including phenoxy) is 2. The van der Waals surface area contributed by atoms with Crippen LogP contribution in [0.4, 0.5) is 4.79 Å². The fourth-order valence-corrected chi connectivity index (χ4v) is 4.48. The van der Waals surface area contributed by atoms with E-state index in [-0.39, 0.29) is 37.1 Å². The van der Waals surface area contributed by atoms with E-state index >= 15 is 0 Å². The zero-order chi connectivity index (χ0) is 21.1. The summed E-state index contributed by atoms with van der Waals surface area (Å²) in [6, 6.07) is 19.2. The number of imide groups is 1. The molecule has 0 aromatic heterocycles. The topological polar surface area (TPSA) is 59.1 Å². The van der Waals surface area contributed by atoms with Crippen molar-refractivity contribution in [1.29, 1.82) is 0 Å². The predicted octanol–water partition coefficient (Wildman–Crippen LogP) is 3.71. The van der Waals surface area contributed by atoms with E-state index in [1.54, 1.807) is 0 Å². The van der Waals surface area contributed by atoms with Gasteiger partial charge in [0, 0.05) is 12.5 Å². The van der Waals surface area contributed by atoms with E-state index in [1.807, 2.05) is 72.5 Å². The summed E-state index contributed by atoms with van der Waals surface area (Å²) in [4.78, 5) is 28.6. The molecule has 30 heavy (non-hydrogen) atoms. The lowest BCUT2D eigenvalue weighted by Crippen LogP contribution is -2.44. The molecular weight excluding hydrogens is 400 g/mol. The van der Waals surface area contributed by atoms with E-state index in [0.717, 1.165) is 11.1 Å². The van der Waals surface area contributed by atoms with Gasteiger partial charge in [0.05, 0.1) is 12.1 Å². The fraction of sp³-hybridized carbons (Fsp3) is 0.348. The Balaban J connectivity index is 1.46. The normalized spacial score (nSPS) is 22.0. The highest BCUT2D eigenvalue weighted by Crippen LogP contribution is 2.31. The summed E-state index contributed by atoms with van der Waals surface area (Å²) in [7, 11) is 0. The van der Waals surface area contributed by atoms with Gasteiger partial charge in [-0.25, -0.2) is 9.69 Å². The van der Waals surface area contributed by atoms with Gasteiger partial charge >= 0.3 is 6.09 Å². The second-order valence-electron chi connectivity index (χ2n) is 7.65. The summed E-state index contributed by atoms with van der Waals surface area (Å²) in [5, 5.41) is 0.383. The molecular formula is C23H24N2O4S. The lowest BCUT2D eigenvalue weighted by Gasteiger charge is -2.30. The third-order valence-corrected chi connectivity index (χ3v) is 5.91. The van der Waals surface area contributed by atoms with Gasteiger partial charge < -0.3 is 14.4 Å². The number of thiocarbonyl (C=S) groups is 1. The second kappa shape index (κ2) is 8.83. The average Bonchev–Trinajstić information content (AvgIpc) is 3.32. The zero-order valence-corrected chi connectivity index (χ0v) is 17.6. The van der Waals surface area contributed by atoms with Crippen LogP contribution >= 0.6 is 12.2 Å². The van der Waals surface area contributed by atoms with Crippen molar-refractivity contribution in [3.05, 3.63) is 71.8 Å². The van der Waals surface area contributed by atoms with E-state index in [1.165, 1.54) is 4.90 Å². The minimum absolute atomic E-state index is 0.0489. The Bertz CT molecular complexity index is 921. The summed E-state index contributed by atoms with van der Waals surface area (Å²) >= 11 is 5.40. The molecule has 2 aromatic carbocycles. The largest absolute Gasteiger partial charge is 0.468 e. The number of amides is 2. The van der Waals surface area contributed by atoms with Crippen molar-refractivity contribution in [1.82, 2.24) is 9.80 Å². The Morgan fingerprint density at radius 3 is 2.43 bits per heavy atom. The summed E-state index contributed by atoms with van der Waals surface area (Å²) < 4.78 is 10.8. The summed E-state index contributed by atoms with van der Waals surface area (Å²) in [6.45, 7) is 2.60. The molecule has 3 atom stereocenters. The van der Waals surface area contributed by atoms with Gasteiger partial charge in [-0.15, -0.1) is 0 Å². The molecule has 0 aliphatic carbocycles. The van der Waals surface area contributed by atoms with Gasteiger partial charge in [0.2, 0.25) is 5.91 Å². The van der Waals surface area contributed by atoms with Gasteiger partial charge in [-0.05, 0) is 36.7 Å². The first-order valence-corrected chi connectivity index (χ1v) is 10.5. The van der Waals surface area contributed by atoms with Crippen molar-refractivity contribution >= 4 is 29.4 Å². The molecule has 1 unspecified atom stereocenters. The van der Waals surface area contributed by atoms with Crippen LogP contribution in [0.15, 0.2) is 60.7 Å². The molecule has 156 valence electrons. The fourth-order valence-electron chi connectivity index (χ4n) is 4.10. The number of hydrogen-bond acceptors (Lipinski definition) is 5. The second-order valence-corrected chi connectivity index (χ2v) is 8.00. The molecule has 0 saturated carbocycles. The number of carbonyl (C=O) groups excluding carboxylic acids is 2. The van der Waals surface area contributed by atoms with Crippen LogP contribution in [0.25, 0.3) is 0 Å². The Kier molecular flexibility index (Phi) is 5.99. The van der Waals surface area contributed by atoms with E-state index < -0.39 is 6.09 Å². The molecule has 6 nitrogen and oxygen atoms in total. The summed E-state index contributed by atoms with van der Waals surface area (Å²) in [5.41, 5.74) is 2.14. The molecule has 2 aliphatic rings. The first-order valence-electron chi connectivity index (χ1n) is 10.1. The number of benzene rings is 2. The van der Waals surface area contributed by atoms with Crippen LogP contribution in [0.1, 0.15) is 30.5 Å². The number of rotatable bonds is 6. The van der Waals surface area contributed by atoms with Gasteiger partial charge in [0.25, 0.3) is 5.17 Å². The highest BCUT2D eigenvalue weighted by molar-refractivity contribution is 7.80. The monoisotopic (exact) mass is 424 g/mol. The maximum absolute atomic E-state index is 13.1. The molecule has 4 rings (SSSR count). The predicted molar refractivity (Wildman–Crippen MR) is 116 cm³/mol. The lowest BCUT2D eigenvalue weighted by molar-refractivity contribution is -0.130. The zero-order valence-electron chi connectivity index (χ0n) is 16.8. The van der Waals surface area contributed by atoms with Crippen molar-refractivity contribution in [3.63, 3.8) is 0 Å². The van der Waals surface area contributed by atoms with Crippen molar-refractivity contribution in [3.8, 4) is 0 Å². The molecule has 0 radical (unpaired) electrons. The Hall–Kier alpha value is -2.93. The molecule has 0 spiro atoms. The summed E-state index contributed by atoms with van der Waals surface area (Å²) in [5.74, 6) is -0.257. The minimum atomic E-state index is -0.576. The molecule has 0 N–H and O–H groups in total. The van der Waals surface area contributed by atoms with Gasteiger partial charge in [-0.1, -0.05) is 60.7 Å². The van der Waals surface area contributed by atoms with Crippen LogP contribution < -0.4 is 0 Å². The molecule has 2 aromatic rings. The quantitative estimate of drug-likeness (QED) is 0.659. The van der Waals surface area contributed by atoms with Gasteiger partial charge in [0.15, 0.2) is 0 Å². The van der Waals surface area contributed by atoms with Crippen molar-refractivity contribution in [2.24, 2.45) is 0 Å². The highest BCUT2D eigenvalue weighted by atomic mass is 32.1. The lowest BCUT2D eigenvalue weighted by atomic mass is 10.0. The number of cyclic esters (lactones) is 1. The third kappa shape index (κ3) is 4.16.